The summed E-state index contributed by atoms with van der Waals surface area (Å²) in [4.78, 5) is 35.5. The lowest BCUT2D eigenvalue weighted by Gasteiger charge is -2.43. The number of nitrogens with two attached hydrogens (primary N) is 1. The highest BCUT2D eigenvalue weighted by Gasteiger charge is 2.50. The topological polar surface area (TPSA) is 134 Å². The summed E-state index contributed by atoms with van der Waals surface area (Å²) in [5.41, 5.74) is 9.10. The van der Waals surface area contributed by atoms with Crippen molar-refractivity contribution in [3.8, 4) is 17.0 Å². The van der Waals surface area contributed by atoms with Crippen LogP contribution >= 0.6 is 0 Å². The summed E-state index contributed by atoms with van der Waals surface area (Å²) in [5, 5.41) is 12.8. The van der Waals surface area contributed by atoms with Gasteiger partial charge in [-0.3, -0.25) is 9.59 Å². The van der Waals surface area contributed by atoms with E-state index >= 15 is 0 Å². The molecule has 1 aromatic heterocycles. The van der Waals surface area contributed by atoms with Crippen LogP contribution in [0.4, 0.5) is 30.6 Å². The van der Waals surface area contributed by atoms with Gasteiger partial charge in [0, 0.05) is 49.9 Å². The van der Waals surface area contributed by atoms with E-state index in [9.17, 15) is 27.9 Å². The van der Waals surface area contributed by atoms with Crippen LogP contribution in [0.25, 0.3) is 11.1 Å². The lowest BCUT2D eigenvalue weighted by atomic mass is 9.71. The summed E-state index contributed by atoms with van der Waals surface area (Å²) >= 11 is 0. The SMILES string of the molecule is CCC1NC(C(=O)O)CC12CCN(c1cc(O[C@H](c3ccc(-c4ccc5c(c4)CCC(=O)N5C)cc3)C(F)(F)F)nc(N)n1)CC2. The van der Waals surface area contributed by atoms with Gasteiger partial charge in [0.05, 0.1) is 0 Å². The van der Waals surface area contributed by atoms with E-state index in [0.717, 1.165) is 28.8 Å². The quantitative estimate of drug-likeness (QED) is 0.322. The van der Waals surface area contributed by atoms with E-state index in [4.69, 9.17) is 10.5 Å². The lowest BCUT2D eigenvalue weighted by Crippen LogP contribution is -2.46. The Hall–Kier alpha value is -4.39. The van der Waals surface area contributed by atoms with Crippen LogP contribution in [0.2, 0.25) is 0 Å². The molecule has 3 aliphatic rings. The number of ether oxygens (including phenoxy) is 1. The number of anilines is 3. The highest BCUT2D eigenvalue weighted by atomic mass is 19.4. The number of carboxylic acids is 1. The third kappa shape index (κ3) is 6.07. The molecule has 10 nitrogen and oxygen atoms in total. The molecule has 3 aliphatic heterocycles. The van der Waals surface area contributed by atoms with Gasteiger partial charge in [-0.1, -0.05) is 37.3 Å². The number of aliphatic carboxylic acids is 1. The number of alkyl halides is 3. The summed E-state index contributed by atoms with van der Waals surface area (Å²) in [6, 6.07) is 12.6. The number of amides is 1. The monoisotopic (exact) mass is 638 g/mol. The van der Waals surface area contributed by atoms with Crippen molar-refractivity contribution in [2.45, 2.75) is 69.8 Å². The van der Waals surface area contributed by atoms with E-state index < -0.39 is 24.3 Å². The average Bonchev–Trinajstić information content (AvgIpc) is 3.39. The summed E-state index contributed by atoms with van der Waals surface area (Å²) in [7, 11) is 1.73. The fourth-order valence-electron chi connectivity index (χ4n) is 7.25. The van der Waals surface area contributed by atoms with Gasteiger partial charge in [0.2, 0.25) is 23.8 Å². The van der Waals surface area contributed by atoms with Gasteiger partial charge in [0.25, 0.3) is 0 Å². The molecule has 3 aromatic rings. The van der Waals surface area contributed by atoms with Crippen LogP contribution in [0, 0.1) is 5.41 Å². The Balaban J connectivity index is 1.19. The summed E-state index contributed by atoms with van der Waals surface area (Å²) < 4.78 is 48.6. The van der Waals surface area contributed by atoms with Crippen molar-refractivity contribution >= 4 is 29.3 Å². The van der Waals surface area contributed by atoms with Gasteiger partial charge in [-0.2, -0.15) is 23.1 Å². The van der Waals surface area contributed by atoms with E-state index in [1.807, 2.05) is 30.0 Å². The maximum atomic E-state index is 14.4. The minimum Gasteiger partial charge on any atom is -0.480 e. The third-order valence-electron chi connectivity index (χ3n) is 9.75. The van der Waals surface area contributed by atoms with Crippen LogP contribution in [0.15, 0.2) is 48.5 Å². The molecule has 1 amide bonds. The number of rotatable bonds is 7. The van der Waals surface area contributed by atoms with Gasteiger partial charge < -0.3 is 30.7 Å². The molecule has 4 N–H and O–H groups in total. The molecule has 0 saturated carbocycles. The Kier molecular flexibility index (Phi) is 8.30. The number of nitrogens with one attached hydrogen (secondary N) is 1. The van der Waals surface area contributed by atoms with Crippen molar-refractivity contribution in [3.63, 3.8) is 0 Å². The molecule has 2 saturated heterocycles. The van der Waals surface area contributed by atoms with Gasteiger partial charge >= 0.3 is 12.1 Å². The molecule has 0 bridgehead atoms. The number of benzene rings is 2. The maximum absolute atomic E-state index is 14.4. The fraction of sp³-hybridized carbons (Fsp3) is 0.455. The largest absolute Gasteiger partial charge is 0.480 e. The first-order valence-electron chi connectivity index (χ1n) is 15.5. The maximum Gasteiger partial charge on any atom is 0.429 e. The Labute approximate surface area is 264 Å². The zero-order chi connectivity index (χ0) is 32.8. The normalized spacial score (nSPS) is 21.7. The fourth-order valence-corrected chi connectivity index (χ4v) is 7.25. The third-order valence-corrected chi connectivity index (χ3v) is 9.75. The van der Waals surface area contributed by atoms with Crippen molar-refractivity contribution in [3.05, 3.63) is 59.7 Å². The van der Waals surface area contributed by atoms with Gasteiger partial charge in [-0.25, -0.2) is 0 Å². The predicted octanol–water partition coefficient (Wildman–Crippen LogP) is 5.13. The van der Waals surface area contributed by atoms with E-state index in [-0.39, 0.29) is 34.8 Å². The smallest absolute Gasteiger partial charge is 0.429 e. The van der Waals surface area contributed by atoms with Crippen molar-refractivity contribution in [1.82, 2.24) is 15.3 Å². The minimum atomic E-state index is -4.74. The van der Waals surface area contributed by atoms with E-state index in [2.05, 4.69) is 15.3 Å². The van der Waals surface area contributed by atoms with Crippen molar-refractivity contribution < 1.29 is 32.6 Å². The number of hydrogen-bond donors (Lipinski definition) is 3. The number of carbonyl (C=O) groups excluding carboxylic acids is 1. The number of aryl methyl sites for hydroxylation is 1. The molecule has 244 valence electrons. The molecule has 0 radical (unpaired) electrons. The molecule has 2 fully saturated rings. The number of nitrogens with zero attached hydrogens (tertiary/aromatic N) is 4. The Morgan fingerprint density at radius 2 is 1.80 bits per heavy atom. The van der Waals surface area contributed by atoms with Gasteiger partial charge in [0.1, 0.15) is 11.9 Å². The number of nitrogen functional groups attached to an aromatic ring is 1. The second kappa shape index (κ2) is 12.1. The average molecular weight is 639 g/mol. The number of carbonyl (C=O) groups is 2. The molecular weight excluding hydrogens is 601 g/mol. The standard InChI is InChI=1S/C33H37F3N6O4/c1-3-25-32(18-23(38-25)30(44)45)12-14-42(15-13-32)26-17-27(40-31(37)39-26)46-29(33(34,35)36)20-6-4-19(5-7-20)21-8-10-24-22(16-21)9-11-28(43)41(24)2/h4-8,10,16-17,23,25,29,38H,3,9,11-15,18H2,1-2H3,(H,44,45)(H2,37,39,40)/t23?,25?,29-/m1/s1. The van der Waals surface area contributed by atoms with Gasteiger partial charge in [-0.15, -0.1) is 0 Å². The van der Waals surface area contributed by atoms with Crippen LogP contribution in [-0.4, -0.2) is 65.3 Å². The predicted molar refractivity (Wildman–Crippen MR) is 167 cm³/mol. The summed E-state index contributed by atoms with van der Waals surface area (Å²) in [5.74, 6) is -0.942. The first kappa shape index (κ1) is 31.6. The lowest BCUT2D eigenvalue weighted by molar-refractivity contribution is -0.198. The molecule has 6 rings (SSSR count). The molecule has 2 unspecified atom stereocenters. The van der Waals surface area contributed by atoms with Crippen LogP contribution in [0.5, 0.6) is 5.88 Å². The molecule has 2 aromatic carbocycles. The van der Waals surface area contributed by atoms with Crippen LogP contribution in [0.3, 0.4) is 0 Å². The van der Waals surface area contributed by atoms with Crippen molar-refractivity contribution in [1.29, 1.82) is 0 Å². The summed E-state index contributed by atoms with van der Waals surface area (Å²) in [6.45, 7) is 3.12. The minimum absolute atomic E-state index is 0.0482. The number of halogens is 3. The first-order chi connectivity index (χ1) is 21.9. The highest BCUT2D eigenvalue weighted by molar-refractivity contribution is 5.96. The number of carboxylic acid groups (broad SMARTS) is 1. The van der Waals surface area contributed by atoms with Gasteiger partial charge in [-0.05, 0) is 66.3 Å². The summed E-state index contributed by atoms with van der Waals surface area (Å²) in [6.07, 6.45) is -3.27. The Bertz CT molecular complexity index is 1620. The Morgan fingerprint density at radius 3 is 2.46 bits per heavy atom. The van der Waals surface area contributed by atoms with Gasteiger partial charge in [0.15, 0.2) is 0 Å². The number of aromatic nitrogens is 2. The molecule has 0 aliphatic carbocycles. The zero-order valence-corrected chi connectivity index (χ0v) is 25.7. The zero-order valence-electron chi connectivity index (χ0n) is 25.7. The first-order valence-corrected chi connectivity index (χ1v) is 15.5. The number of fused-ring (bicyclic) bond motifs is 1. The molecule has 4 heterocycles. The number of hydrogen-bond acceptors (Lipinski definition) is 8. The Morgan fingerprint density at radius 1 is 1.11 bits per heavy atom. The molecule has 13 heteroatoms. The van der Waals surface area contributed by atoms with Crippen LogP contribution in [-0.2, 0) is 16.0 Å². The van der Waals surface area contributed by atoms with Crippen LogP contribution < -0.4 is 25.6 Å². The molecule has 1 spiro atoms. The second-order valence-electron chi connectivity index (χ2n) is 12.5. The van der Waals surface area contributed by atoms with Crippen molar-refractivity contribution in [2.75, 3.05) is 35.7 Å². The van der Waals surface area contributed by atoms with Crippen molar-refractivity contribution in [2.24, 2.45) is 5.41 Å². The second-order valence-corrected chi connectivity index (χ2v) is 12.5. The van der Waals surface area contributed by atoms with E-state index in [1.54, 1.807) is 24.1 Å². The molecule has 46 heavy (non-hydrogen) atoms. The highest BCUT2D eigenvalue weighted by Crippen LogP contribution is 2.46. The molecular formula is C33H37F3N6O4. The number of piperidine rings is 1. The molecule has 3 atom stereocenters. The van der Waals surface area contributed by atoms with E-state index in [1.165, 1.54) is 18.2 Å². The van der Waals surface area contributed by atoms with E-state index in [0.29, 0.717) is 51.0 Å². The van der Waals surface area contributed by atoms with Crippen LogP contribution in [0.1, 0.15) is 56.3 Å².